The molecule has 0 bridgehead atoms. The first kappa shape index (κ1) is 6.11. The molecule has 0 aliphatic rings. The zero-order valence-electron chi connectivity index (χ0n) is 5.22. The van der Waals surface area contributed by atoms with Crippen LogP contribution in [0.4, 0.5) is 5.69 Å². The van der Waals surface area contributed by atoms with Gasteiger partial charge in [0, 0.05) is 0 Å². The maximum absolute atomic E-state index is 10.1. The van der Waals surface area contributed by atoms with E-state index in [4.69, 9.17) is 0 Å². The van der Waals surface area contributed by atoms with Crippen LogP contribution in [0.3, 0.4) is 0 Å². The third-order valence-corrected chi connectivity index (χ3v) is 1.26. The van der Waals surface area contributed by atoms with Crippen LogP contribution >= 0.6 is 0 Å². The standard InChI is InChI=1S/C7H8NO/c1-6-4-2-3-5-7(6)8-9/h2-5,8H,1H3. The van der Waals surface area contributed by atoms with Gasteiger partial charge >= 0.3 is 0 Å². The highest BCUT2D eigenvalue weighted by molar-refractivity contribution is 5.47. The first-order valence-electron chi connectivity index (χ1n) is 2.78. The Kier molecular flexibility index (Phi) is 1.70. The minimum Gasteiger partial charge on any atom is -0.233 e. The Bertz CT molecular complexity index is 198. The highest BCUT2D eigenvalue weighted by Crippen LogP contribution is 2.10. The second-order valence-electron chi connectivity index (χ2n) is 1.92. The molecule has 0 atom stereocenters. The molecule has 2 heteroatoms. The van der Waals surface area contributed by atoms with Crippen LogP contribution in [0.5, 0.6) is 0 Å². The van der Waals surface area contributed by atoms with Crippen LogP contribution in [0, 0.1) is 6.92 Å². The average Bonchev–Trinajstić information content (AvgIpc) is 1.89. The van der Waals surface area contributed by atoms with Gasteiger partial charge < -0.3 is 0 Å². The fourth-order valence-electron chi connectivity index (χ4n) is 0.687. The molecule has 0 unspecified atom stereocenters. The van der Waals surface area contributed by atoms with E-state index in [1.54, 1.807) is 6.07 Å². The SMILES string of the molecule is Cc1ccccc1N[O]. The number of hydrogen-bond donors (Lipinski definition) is 1. The summed E-state index contributed by atoms with van der Waals surface area (Å²) in [5, 5.41) is 10.1. The molecular formula is C7H8NO. The van der Waals surface area contributed by atoms with E-state index >= 15 is 0 Å². The second kappa shape index (κ2) is 2.51. The van der Waals surface area contributed by atoms with Crippen molar-refractivity contribution in [3.8, 4) is 0 Å². The summed E-state index contributed by atoms with van der Waals surface area (Å²) in [7, 11) is 0. The summed E-state index contributed by atoms with van der Waals surface area (Å²) in [6, 6.07) is 7.37. The predicted molar refractivity (Wildman–Crippen MR) is 35.5 cm³/mol. The van der Waals surface area contributed by atoms with E-state index in [0.717, 1.165) is 5.56 Å². The van der Waals surface area contributed by atoms with E-state index in [-0.39, 0.29) is 0 Å². The maximum Gasteiger partial charge on any atom is 0.0664 e. The number of hydrogen-bond acceptors (Lipinski definition) is 1. The minimum absolute atomic E-state index is 0.650. The lowest BCUT2D eigenvalue weighted by atomic mass is 10.2. The Hall–Kier alpha value is -1.02. The Labute approximate surface area is 54.1 Å². The Morgan fingerprint density at radius 3 is 2.44 bits per heavy atom. The quantitative estimate of drug-likeness (QED) is 0.565. The molecule has 0 saturated heterocycles. The first-order valence-corrected chi connectivity index (χ1v) is 2.78. The Morgan fingerprint density at radius 1 is 1.33 bits per heavy atom. The lowest BCUT2D eigenvalue weighted by Crippen LogP contribution is -1.88. The van der Waals surface area contributed by atoms with Crippen LogP contribution < -0.4 is 5.48 Å². The van der Waals surface area contributed by atoms with Gasteiger partial charge in [-0.15, -0.1) is 0 Å². The van der Waals surface area contributed by atoms with E-state index in [1.165, 1.54) is 0 Å². The van der Waals surface area contributed by atoms with Gasteiger partial charge in [0.25, 0.3) is 0 Å². The molecule has 1 rings (SSSR count). The highest BCUT2D eigenvalue weighted by atomic mass is 16.5. The number of nitrogens with one attached hydrogen (secondary N) is 1. The van der Waals surface area contributed by atoms with E-state index < -0.39 is 0 Å². The Morgan fingerprint density at radius 2 is 2.00 bits per heavy atom. The molecule has 0 amide bonds. The van der Waals surface area contributed by atoms with Crippen molar-refractivity contribution in [3.05, 3.63) is 29.8 Å². The summed E-state index contributed by atoms with van der Waals surface area (Å²) in [6.07, 6.45) is 0. The second-order valence-corrected chi connectivity index (χ2v) is 1.92. The molecule has 0 fully saturated rings. The van der Waals surface area contributed by atoms with E-state index in [9.17, 15) is 5.21 Å². The van der Waals surface area contributed by atoms with Gasteiger partial charge in [-0.1, -0.05) is 23.4 Å². The van der Waals surface area contributed by atoms with Crippen molar-refractivity contribution in [2.75, 3.05) is 5.48 Å². The molecule has 9 heavy (non-hydrogen) atoms. The van der Waals surface area contributed by atoms with Crippen LogP contribution in [-0.2, 0) is 5.21 Å². The molecular weight excluding hydrogens is 114 g/mol. The maximum atomic E-state index is 10.1. The highest BCUT2D eigenvalue weighted by Gasteiger charge is 1.90. The number of aryl methyl sites for hydroxylation is 1. The topological polar surface area (TPSA) is 31.9 Å². The van der Waals surface area contributed by atoms with Gasteiger partial charge in [-0.25, -0.2) is 5.48 Å². The molecule has 47 valence electrons. The molecule has 1 N–H and O–H groups in total. The lowest BCUT2D eigenvalue weighted by Gasteiger charge is -1.98. The molecule has 0 aromatic heterocycles. The molecule has 0 aliphatic carbocycles. The van der Waals surface area contributed by atoms with Gasteiger partial charge in [-0.2, -0.15) is 0 Å². The van der Waals surface area contributed by atoms with Crippen molar-refractivity contribution in [1.82, 2.24) is 0 Å². The van der Waals surface area contributed by atoms with Crippen molar-refractivity contribution >= 4 is 5.69 Å². The monoisotopic (exact) mass is 122 g/mol. The van der Waals surface area contributed by atoms with Gasteiger partial charge in [0.15, 0.2) is 0 Å². The van der Waals surface area contributed by atoms with E-state index in [1.807, 2.05) is 30.6 Å². The van der Waals surface area contributed by atoms with Crippen LogP contribution in [0.15, 0.2) is 24.3 Å². The number of rotatable bonds is 1. The smallest absolute Gasteiger partial charge is 0.0664 e. The Balaban J connectivity index is 3.01. The summed E-state index contributed by atoms with van der Waals surface area (Å²) in [5.41, 5.74) is 3.47. The molecule has 2 nitrogen and oxygen atoms in total. The largest absolute Gasteiger partial charge is 0.233 e. The summed E-state index contributed by atoms with van der Waals surface area (Å²) in [5.74, 6) is 0. The molecule has 0 spiro atoms. The van der Waals surface area contributed by atoms with E-state index in [0.29, 0.717) is 5.69 Å². The van der Waals surface area contributed by atoms with Crippen LogP contribution in [0.1, 0.15) is 5.56 Å². The normalized spacial score (nSPS) is 9.11. The molecule has 1 radical (unpaired) electrons. The van der Waals surface area contributed by atoms with Crippen LogP contribution in [-0.4, -0.2) is 0 Å². The van der Waals surface area contributed by atoms with Crippen molar-refractivity contribution in [1.29, 1.82) is 0 Å². The zero-order valence-corrected chi connectivity index (χ0v) is 5.22. The van der Waals surface area contributed by atoms with Crippen molar-refractivity contribution in [2.45, 2.75) is 6.92 Å². The molecule has 1 aromatic rings. The fraction of sp³-hybridized carbons (Fsp3) is 0.143. The first-order chi connectivity index (χ1) is 4.34. The molecule has 0 aliphatic heterocycles. The van der Waals surface area contributed by atoms with Crippen LogP contribution in [0.2, 0.25) is 0 Å². The number of para-hydroxylation sites is 1. The molecule has 1 aromatic carbocycles. The van der Waals surface area contributed by atoms with Gasteiger partial charge in [-0.3, -0.25) is 0 Å². The van der Waals surface area contributed by atoms with Crippen LogP contribution in [0.25, 0.3) is 0 Å². The number of anilines is 1. The molecule has 0 heterocycles. The van der Waals surface area contributed by atoms with Gasteiger partial charge in [0.2, 0.25) is 0 Å². The minimum atomic E-state index is 0.650. The van der Waals surface area contributed by atoms with Gasteiger partial charge in [-0.05, 0) is 18.6 Å². The van der Waals surface area contributed by atoms with Gasteiger partial charge in [0.1, 0.15) is 0 Å². The van der Waals surface area contributed by atoms with Crippen molar-refractivity contribution in [3.63, 3.8) is 0 Å². The van der Waals surface area contributed by atoms with Crippen molar-refractivity contribution < 1.29 is 5.21 Å². The lowest BCUT2D eigenvalue weighted by molar-refractivity contribution is 0.274. The summed E-state index contributed by atoms with van der Waals surface area (Å²) in [6.45, 7) is 1.89. The third kappa shape index (κ3) is 1.21. The molecule has 0 saturated carbocycles. The summed E-state index contributed by atoms with van der Waals surface area (Å²) >= 11 is 0. The summed E-state index contributed by atoms with van der Waals surface area (Å²) < 4.78 is 0. The average molecular weight is 122 g/mol. The predicted octanol–water partition coefficient (Wildman–Crippen LogP) is 1.75. The zero-order chi connectivity index (χ0) is 6.69. The fourth-order valence-corrected chi connectivity index (χ4v) is 0.687. The van der Waals surface area contributed by atoms with Gasteiger partial charge in [0.05, 0.1) is 5.69 Å². The third-order valence-electron chi connectivity index (χ3n) is 1.26. The van der Waals surface area contributed by atoms with Crippen molar-refractivity contribution in [2.24, 2.45) is 0 Å². The summed E-state index contributed by atoms with van der Waals surface area (Å²) in [4.78, 5) is 0. The van der Waals surface area contributed by atoms with E-state index in [2.05, 4.69) is 0 Å². The number of benzene rings is 1.